The van der Waals surface area contributed by atoms with Gasteiger partial charge in [0.05, 0.1) is 10.7 Å². The molecule has 5 heteroatoms. The summed E-state index contributed by atoms with van der Waals surface area (Å²) in [6.45, 7) is 10.4. The van der Waals surface area contributed by atoms with Crippen LogP contribution in [0.2, 0.25) is 0 Å². The van der Waals surface area contributed by atoms with Gasteiger partial charge in [0.1, 0.15) is 11.6 Å². The first-order valence-electron chi connectivity index (χ1n) is 7.19. The second kappa shape index (κ2) is 7.74. The van der Waals surface area contributed by atoms with Gasteiger partial charge in [-0.25, -0.2) is 4.98 Å². The van der Waals surface area contributed by atoms with Crippen molar-refractivity contribution in [1.82, 2.24) is 10.3 Å². The second-order valence-electron chi connectivity index (χ2n) is 5.97. The lowest BCUT2D eigenvalue weighted by atomic mass is 10.1. The van der Waals surface area contributed by atoms with E-state index in [1.807, 2.05) is 33.1 Å². The van der Waals surface area contributed by atoms with Crippen LogP contribution in [-0.2, 0) is 16.1 Å². The largest absolute Gasteiger partial charge is 0.459 e. The molecule has 0 aliphatic rings. The molecule has 0 saturated heterocycles. The molecule has 1 rings (SSSR count). The van der Waals surface area contributed by atoms with Crippen LogP contribution in [0.15, 0.2) is 5.38 Å². The van der Waals surface area contributed by atoms with E-state index in [0.717, 1.165) is 30.0 Å². The Kier molecular flexibility index (Phi) is 6.62. The highest BCUT2D eigenvalue weighted by Gasteiger charge is 2.24. The predicted molar refractivity (Wildman–Crippen MR) is 82.8 cm³/mol. The number of carbonyl (C=O) groups excluding carboxylic acids is 1. The number of thiazole rings is 1. The van der Waals surface area contributed by atoms with Crippen LogP contribution in [0.1, 0.15) is 57.7 Å². The molecule has 20 heavy (non-hydrogen) atoms. The van der Waals surface area contributed by atoms with E-state index in [9.17, 15) is 4.79 Å². The zero-order valence-corrected chi connectivity index (χ0v) is 14.0. The first-order valence-corrected chi connectivity index (χ1v) is 8.07. The van der Waals surface area contributed by atoms with E-state index in [1.165, 1.54) is 0 Å². The fraction of sp³-hybridized carbons (Fsp3) is 0.733. The van der Waals surface area contributed by atoms with Crippen molar-refractivity contribution >= 4 is 17.3 Å². The minimum absolute atomic E-state index is 0.169. The number of esters is 1. The maximum atomic E-state index is 12.2. The van der Waals surface area contributed by atoms with Gasteiger partial charge in [-0.05, 0) is 34.1 Å². The quantitative estimate of drug-likeness (QED) is 0.783. The van der Waals surface area contributed by atoms with Crippen LogP contribution in [0.25, 0.3) is 0 Å². The standard InChI is InChI=1S/C15H26N2O2S/c1-6-7-8-13(14(18)19-15(3,4)5)16-9-12-10-20-11(2)17-12/h10,13,16H,6-9H2,1-5H3. The summed E-state index contributed by atoms with van der Waals surface area (Å²) in [4.78, 5) is 16.6. The molecule has 1 atom stereocenters. The Bertz CT molecular complexity index is 424. The summed E-state index contributed by atoms with van der Waals surface area (Å²) in [5, 5.41) is 6.34. The van der Waals surface area contributed by atoms with Crippen molar-refractivity contribution in [3.8, 4) is 0 Å². The summed E-state index contributed by atoms with van der Waals surface area (Å²) in [6, 6.07) is -0.254. The molecule has 0 fully saturated rings. The third kappa shape index (κ3) is 6.48. The highest BCUT2D eigenvalue weighted by molar-refractivity contribution is 7.09. The number of hydrogen-bond donors (Lipinski definition) is 1. The summed E-state index contributed by atoms with van der Waals surface area (Å²) < 4.78 is 5.47. The van der Waals surface area contributed by atoms with E-state index < -0.39 is 5.60 Å². The molecule has 1 N–H and O–H groups in total. The SMILES string of the molecule is CCCCC(NCc1csc(C)n1)C(=O)OC(C)(C)C. The molecule has 0 aliphatic heterocycles. The fourth-order valence-corrected chi connectivity index (χ4v) is 2.41. The maximum Gasteiger partial charge on any atom is 0.323 e. The van der Waals surface area contributed by atoms with Crippen molar-refractivity contribution in [2.24, 2.45) is 0 Å². The number of unbranched alkanes of at least 4 members (excludes halogenated alkanes) is 1. The van der Waals surface area contributed by atoms with Gasteiger partial charge < -0.3 is 4.74 Å². The van der Waals surface area contributed by atoms with Crippen LogP contribution < -0.4 is 5.32 Å². The van der Waals surface area contributed by atoms with Gasteiger partial charge in [0.25, 0.3) is 0 Å². The lowest BCUT2D eigenvalue weighted by Crippen LogP contribution is -2.41. The van der Waals surface area contributed by atoms with Crippen molar-refractivity contribution in [3.05, 3.63) is 16.1 Å². The minimum Gasteiger partial charge on any atom is -0.459 e. The molecule has 114 valence electrons. The van der Waals surface area contributed by atoms with Gasteiger partial charge in [0.2, 0.25) is 0 Å². The number of carbonyl (C=O) groups is 1. The van der Waals surface area contributed by atoms with Crippen LogP contribution in [0.5, 0.6) is 0 Å². The molecule has 0 aliphatic carbocycles. The van der Waals surface area contributed by atoms with Crippen LogP contribution in [0.3, 0.4) is 0 Å². The molecule has 1 aromatic rings. The molecule has 1 unspecified atom stereocenters. The van der Waals surface area contributed by atoms with Gasteiger partial charge in [-0.2, -0.15) is 0 Å². The maximum absolute atomic E-state index is 12.2. The van der Waals surface area contributed by atoms with Crippen LogP contribution in [0, 0.1) is 6.92 Å². The lowest BCUT2D eigenvalue weighted by molar-refractivity contribution is -0.157. The zero-order chi connectivity index (χ0) is 15.2. The molecule has 0 spiro atoms. The molecule has 1 aromatic heterocycles. The Labute approximate surface area is 125 Å². The first-order chi connectivity index (χ1) is 9.31. The van der Waals surface area contributed by atoms with Gasteiger partial charge >= 0.3 is 5.97 Å². The Hall–Kier alpha value is -0.940. The third-order valence-corrected chi connectivity index (χ3v) is 3.56. The molecular weight excluding hydrogens is 272 g/mol. The normalized spacial score (nSPS) is 13.2. The van der Waals surface area contributed by atoms with Gasteiger partial charge in [-0.3, -0.25) is 10.1 Å². The number of aromatic nitrogens is 1. The average molecular weight is 298 g/mol. The molecule has 0 bridgehead atoms. The van der Waals surface area contributed by atoms with Crippen molar-refractivity contribution < 1.29 is 9.53 Å². The minimum atomic E-state index is -0.444. The molecule has 1 heterocycles. The number of rotatable bonds is 7. The molecular formula is C15H26N2O2S. The molecule has 0 radical (unpaired) electrons. The Morgan fingerprint density at radius 2 is 2.20 bits per heavy atom. The molecule has 0 saturated carbocycles. The Morgan fingerprint density at radius 1 is 1.50 bits per heavy atom. The van der Waals surface area contributed by atoms with E-state index in [2.05, 4.69) is 17.2 Å². The molecule has 0 amide bonds. The van der Waals surface area contributed by atoms with Crippen LogP contribution in [0.4, 0.5) is 0 Å². The topological polar surface area (TPSA) is 51.2 Å². The molecule has 4 nitrogen and oxygen atoms in total. The van der Waals surface area contributed by atoms with E-state index in [-0.39, 0.29) is 12.0 Å². The fourth-order valence-electron chi connectivity index (χ4n) is 1.80. The zero-order valence-electron chi connectivity index (χ0n) is 13.2. The number of ether oxygens (including phenoxy) is 1. The third-order valence-electron chi connectivity index (χ3n) is 2.73. The van der Waals surface area contributed by atoms with Gasteiger partial charge in [0, 0.05) is 11.9 Å². The highest BCUT2D eigenvalue weighted by atomic mass is 32.1. The first kappa shape index (κ1) is 17.1. The monoisotopic (exact) mass is 298 g/mol. The van der Waals surface area contributed by atoms with Gasteiger partial charge in [0.15, 0.2) is 0 Å². The van der Waals surface area contributed by atoms with Crippen molar-refractivity contribution in [1.29, 1.82) is 0 Å². The number of nitrogens with one attached hydrogen (secondary N) is 1. The van der Waals surface area contributed by atoms with E-state index in [1.54, 1.807) is 11.3 Å². The van der Waals surface area contributed by atoms with Gasteiger partial charge in [-0.15, -0.1) is 11.3 Å². The smallest absolute Gasteiger partial charge is 0.323 e. The van der Waals surface area contributed by atoms with Gasteiger partial charge in [-0.1, -0.05) is 19.8 Å². The van der Waals surface area contributed by atoms with E-state index >= 15 is 0 Å². The summed E-state index contributed by atoms with van der Waals surface area (Å²) >= 11 is 1.63. The Balaban J connectivity index is 2.56. The van der Waals surface area contributed by atoms with E-state index in [4.69, 9.17) is 4.74 Å². The Morgan fingerprint density at radius 3 is 2.70 bits per heavy atom. The van der Waals surface area contributed by atoms with Crippen molar-refractivity contribution in [3.63, 3.8) is 0 Å². The number of aryl methyl sites for hydroxylation is 1. The average Bonchev–Trinajstić information content (AvgIpc) is 2.73. The summed E-state index contributed by atoms with van der Waals surface area (Å²) in [5.74, 6) is -0.169. The predicted octanol–water partition coefficient (Wildman–Crippen LogP) is 3.44. The lowest BCUT2D eigenvalue weighted by Gasteiger charge is -2.24. The number of nitrogens with zero attached hydrogens (tertiary/aromatic N) is 1. The van der Waals surface area contributed by atoms with Crippen molar-refractivity contribution in [2.45, 2.75) is 72.1 Å². The summed E-state index contributed by atoms with van der Waals surface area (Å²) in [7, 11) is 0. The second-order valence-corrected chi connectivity index (χ2v) is 7.03. The van der Waals surface area contributed by atoms with Crippen molar-refractivity contribution in [2.75, 3.05) is 0 Å². The highest BCUT2D eigenvalue weighted by Crippen LogP contribution is 2.13. The summed E-state index contributed by atoms with van der Waals surface area (Å²) in [6.07, 6.45) is 2.87. The van der Waals surface area contributed by atoms with E-state index in [0.29, 0.717) is 6.54 Å². The molecule has 0 aromatic carbocycles. The van der Waals surface area contributed by atoms with Crippen LogP contribution in [-0.4, -0.2) is 22.6 Å². The van der Waals surface area contributed by atoms with Crippen LogP contribution >= 0.6 is 11.3 Å². The summed E-state index contributed by atoms with van der Waals surface area (Å²) in [5.41, 5.74) is 0.540. The number of hydrogen-bond acceptors (Lipinski definition) is 5.